The number of hydrogen-bond acceptors (Lipinski definition) is 0. The van der Waals surface area contributed by atoms with Crippen molar-refractivity contribution in [3.05, 3.63) is 117 Å². The second-order valence-electron chi connectivity index (χ2n) is 10.3. The standard InChI is InChI=1S/4C8H9.Al.K/c4*1-7-4-3-5-8(2)6-7;;/h4*3-4,6H,1-2H3;;/q;;;;-1;+1. The molecule has 0 N–H and O–H groups in total. The minimum absolute atomic E-state index is 0. The van der Waals surface area contributed by atoms with Gasteiger partial charge in [0.1, 0.15) is 0 Å². The molecule has 0 saturated heterocycles. The SMILES string of the molecule is Cc1cc[c]([Al-]([c]2ccc(C)cc2C)([c]2ccc(C)cc2C)[c]2ccc(C)cc2C)c(C)c1.[K+]. The van der Waals surface area contributed by atoms with E-state index in [4.69, 9.17) is 0 Å². The summed E-state index contributed by atoms with van der Waals surface area (Å²) in [6.07, 6.45) is 0. The third kappa shape index (κ3) is 4.98. The normalized spacial score (nSPS) is 11.3. The molecular weight excluding hydrogens is 450 g/mol. The maximum Gasteiger partial charge on any atom is 1.00 e. The fourth-order valence-corrected chi connectivity index (χ4v) is 12.9. The van der Waals surface area contributed by atoms with Crippen LogP contribution in [-0.4, -0.2) is 13.1 Å². The number of benzene rings is 4. The Bertz CT molecular complexity index is 1140. The van der Waals surface area contributed by atoms with E-state index in [1.807, 2.05) is 0 Å². The maximum absolute atomic E-state index is 3.00. The van der Waals surface area contributed by atoms with Crippen molar-refractivity contribution < 1.29 is 51.4 Å². The Morgan fingerprint density at radius 2 is 0.559 bits per heavy atom. The van der Waals surface area contributed by atoms with Crippen molar-refractivity contribution in [2.24, 2.45) is 0 Å². The summed E-state index contributed by atoms with van der Waals surface area (Å²) < 4.78 is 6.11. The van der Waals surface area contributed by atoms with E-state index in [0.29, 0.717) is 0 Å². The molecule has 2 heteroatoms. The monoisotopic (exact) mass is 486 g/mol. The van der Waals surface area contributed by atoms with Gasteiger partial charge in [-0.05, 0) is 55.4 Å². The molecule has 0 saturated carbocycles. The Hall–Kier alpha value is -0.951. The van der Waals surface area contributed by atoms with Gasteiger partial charge in [-0.2, -0.15) is 0 Å². The first kappa shape index (κ1) is 27.6. The van der Waals surface area contributed by atoms with Gasteiger partial charge >= 0.3 is 51.4 Å². The topological polar surface area (TPSA) is 0 Å². The molecule has 0 radical (unpaired) electrons. The summed E-state index contributed by atoms with van der Waals surface area (Å²) in [5.74, 6) is 0. The molecule has 0 bridgehead atoms. The maximum atomic E-state index is 2.44. The molecule has 0 nitrogen and oxygen atoms in total. The van der Waals surface area contributed by atoms with Crippen molar-refractivity contribution in [3.8, 4) is 0 Å². The molecule has 34 heavy (non-hydrogen) atoms. The summed E-state index contributed by atoms with van der Waals surface area (Å²) in [5, 5.41) is 0. The Labute approximate surface area is 251 Å². The molecule has 0 aromatic heterocycles. The van der Waals surface area contributed by atoms with E-state index in [2.05, 4.69) is 128 Å². The minimum Gasteiger partial charge on any atom is -0.215 e. The van der Waals surface area contributed by atoms with Gasteiger partial charge in [0.25, 0.3) is 13.1 Å². The molecule has 0 amide bonds. The first-order chi connectivity index (χ1) is 15.6. The van der Waals surface area contributed by atoms with Gasteiger partial charge in [0, 0.05) is 0 Å². The van der Waals surface area contributed by atoms with Gasteiger partial charge in [-0.3, -0.25) is 0 Å². The summed E-state index contributed by atoms with van der Waals surface area (Å²) in [5.41, 5.74) is 10.9. The molecule has 4 aromatic carbocycles. The molecule has 4 aromatic rings. The van der Waals surface area contributed by atoms with Crippen molar-refractivity contribution >= 4 is 30.8 Å². The predicted molar refractivity (Wildman–Crippen MR) is 148 cm³/mol. The zero-order chi connectivity index (χ0) is 23.9. The molecule has 0 atom stereocenters. The average molecular weight is 487 g/mol. The summed E-state index contributed by atoms with van der Waals surface area (Å²) in [4.78, 5) is 0. The van der Waals surface area contributed by atoms with Crippen LogP contribution in [0.1, 0.15) is 44.5 Å². The van der Waals surface area contributed by atoms with Gasteiger partial charge in [0.15, 0.2) is 0 Å². The number of aryl methyl sites for hydroxylation is 8. The number of rotatable bonds is 4. The third-order valence-corrected chi connectivity index (χ3v) is 13.9. The fraction of sp³-hybridized carbons (Fsp3) is 0.250. The quantitative estimate of drug-likeness (QED) is 0.389. The van der Waals surface area contributed by atoms with Crippen LogP contribution < -0.4 is 69.1 Å². The zero-order valence-electron chi connectivity index (χ0n) is 22.5. The average Bonchev–Trinajstić information content (AvgIpc) is 2.72. The van der Waals surface area contributed by atoms with E-state index in [0.717, 1.165) is 0 Å². The second kappa shape index (κ2) is 11.0. The van der Waals surface area contributed by atoms with E-state index in [-0.39, 0.29) is 51.4 Å². The Morgan fingerprint density at radius 3 is 0.735 bits per heavy atom. The predicted octanol–water partition coefficient (Wildman–Crippen LogP) is 2.54. The van der Waals surface area contributed by atoms with Gasteiger partial charge in [0.2, 0.25) is 0 Å². The van der Waals surface area contributed by atoms with Gasteiger partial charge in [0.05, 0.1) is 0 Å². The third-order valence-electron chi connectivity index (χ3n) is 7.57. The molecule has 0 fully saturated rings. The minimum atomic E-state index is -3.00. The molecule has 0 heterocycles. The van der Waals surface area contributed by atoms with Crippen LogP contribution >= 0.6 is 0 Å². The molecule has 4 rings (SSSR count). The van der Waals surface area contributed by atoms with Crippen molar-refractivity contribution in [2.45, 2.75) is 55.4 Å². The smallest absolute Gasteiger partial charge is 0.215 e. The summed E-state index contributed by atoms with van der Waals surface area (Å²) >= 11 is -3.00. The molecule has 168 valence electrons. The molecule has 0 unspecified atom stereocenters. The Morgan fingerprint density at radius 1 is 0.353 bits per heavy atom. The fourth-order valence-electron chi connectivity index (χ4n) is 6.25. The van der Waals surface area contributed by atoms with Crippen LogP contribution in [-0.2, 0) is 0 Å². The van der Waals surface area contributed by atoms with E-state index in [1.54, 1.807) is 0 Å². The van der Waals surface area contributed by atoms with Crippen molar-refractivity contribution in [1.29, 1.82) is 0 Å². The summed E-state index contributed by atoms with van der Waals surface area (Å²) in [7, 11) is 0. The van der Waals surface area contributed by atoms with Gasteiger partial charge in [-0.1, -0.05) is 93.0 Å². The van der Waals surface area contributed by atoms with Gasteiger partial charge < -0.3 is 0 Å². The van der Waals surface area contributed by atoms with Gasteiger partial charge in [-0.15, -0.1) is 24.3 Å². The molecular formula is C32H36AlK. The Kier molecular flexibility index (Phi) is 8.92. The summed E-state index contributed by atoms with van der Waals surface area (Å²) in [6.45, 7) is 18.1. The van der Waals surface area contributed by atoms with E-state index >= 15 is 0 Å². The van der Waals surface area contributed by atoms with E-state index in [1.165, 1.54) is 62.2 Å². The first-order valence-corrected chi connectivity index (χ1v) is 14.4. The number of hydrogen-bond donors (Lipinski definition) is 0. The first-order valence-electron chi connectivity index (χ1n) is 12.1. The van der Waals surface area contributed by atoms with Gasteiger partial charge in [-0.25, -0.2) is 17.7 Å². The van der Waals surface area contributed by atoms with E-state index in [9.17, 15) is 0 Å². The Balaban J connectivity index is 0.00000324. The van der Waals surface area contributed by atoms with E-state index < -0.39 is 13.1 Å². The molecule has 0 spiro atoms. The van der Waals surface area contributed by atoms with Crippen LogP contribution in [0.15, 0.2) is 72.8 Å². The largest absolute Gasteiger partial charge is 1.00 e. The molecule has 0 aliphatic carbocycles. The van der Waals surface area contributed by atoms with Crippen LogP contribution in [0.2, 0.25) is 0 Å². The van der Waals surface area contributed by atoms with Crippen LogP contribution in [0.5, 0.6) is 0 Å². The summed E-state index contributed by atoms with van der Waals surface area (Å²) in [6, 6.07) is 28.5. The molecule has 0 aliphatic heterocycles. The van der Waals surface area contributed by atoms with Crippen LogP contribution in [0, 0.1) is 55.4 Å². The van der Waals surface area contributed by atoms with Crippen LogP contribution in [0.25, 0.3) is 0 Å². The van der Waals surface area contributed by atoms with Crippen LogP contribution in [0.3, 0.4) is 0 Å². The van der Waals surface area contributed by atoms with Crippen molar-refractivity contribution in [3.63, 3.8) is 0 Å². The zero-order valence-corrected chi connectivity index (χ0v) is 26.8. The molecule has 0 aliphatic rings. The second-order valence-corrected chi connectivity index (χ2v) is 14.5. The van der Waals surface area contributed by atoms with Crippen molar-refractivity contribution in [1.82, 2.24) is 0 Å². The van der Waals surface area contributed by atoms with Crippen LogP contribution in [0.4, 0.5) is 0 Å². The van der Waals surface area contributed by atoms with Crippen molar-refractivity contribution in [2.75, 3.05) is 0 Å².